The third-order valence-electron chi connectivity index (χ3n) is 5.93. The van der Waals surface area contributed by atoms with Gasteiger partial charge in [-0.05, 0) is 31.5 Å². The molecule has 1 amide bonds. The molecular weight excluding hydrogens is 429 g/mol. The summed E-state index contributed by atoms with van der Waals surface area (Å²) < 4.78 is 19.0. The van der Waals surface area contributed by atoms with Gasteiger partial charge in [-0.3, -0.25) is 4.79 Å². The van der Waals surface area contributed by atoms with Crippen LogP contribution in [0, 0.1) is 0 Å². The number of aliphatic hydroxyl groups excluding tert-OH is 2. The summed E-state index contributed by atoms with van der Waals surface area (Å²) in [6, 6.07) is 5.93. The average Bonchev–Trinajstić information content (AvgIpc) is 2.80. The number of alkyl halides is 1. The van der Waals surface area contributed by atoms with E-state index in [-0.39, 0.29) is 30.4 Å². The van der Waals surface area contributed by atoms with E-state index in [1.807, 2.05) is 18.9 Å². The first kappa shape index (κ1) is 25.0. The molecule has 1 aliphatic rings. The van der Waals surface area contributed by atoms with Crippen LogP contribution in [0.25, 0.3) is 11.1 Å². The topological polar surface area (TPSA) is 134 Å². The summed E-state index contributed by atoms with van der Waals surface area (Å²) in [5, 5.41) is 23.0. The molecule has 1 aromatic heterocycles. The Kier molecular flexibility index (Phi) is 8.67. The standard InChI is InChI=1S/C23H32FN5O4/c1-14-9-18(10-21(31)33-14)29(2)8-7-20(30)28-19(11-24)22(32)16-5-3-15(4-6-16)17-12-26-23(25)27-13-17/h3-6,12-14,18-19,21-22,31-32H,7-11H2,1-2H3,(H,28,30)(H2,25,26,27)/t14-,18?,19-,21-,22-/m1/s1. The number of rotatable bonds is 9. The molecule has 0 saturated carbocycles. The Labute approximate surface area is 192 Å². The van der Waals surface area contributed by atoms with E-state index in [2.05, 4.69) is 15.3 Å². The van der Waals surface area contributed by atoms with Crippen molar-refractivity contribution in [2.75, 3.05) is 26.0 Å². The highest BCUT2D eigenvalue weighted by Crippen LogP contribution is 2.24. The van der Waals surface area contributed by atoms with E-state index in [4.69, 9.17) is 10.5 Å². The van der Waals surface area contributed by atoms with Crippen LogP contribution in [0.3, 0.4) is 0 Å². The summed E-state index contributed by atoms with van der Waals surface area (Å²) in [6.07, 6.45) is 2.53. The maximum atomic E-state index is 13.7. The van der Waals surface area contributed by atoms with Gasteiger partial charge in [0.1, 0.15) is 12.8 Å². The van der Waals surface area contributed by atoms with Crippen LogP contribution in [0.2, 0.25) is 0 Å². The van der Waals surface area contributed by atoms with Gasteiger partial charge in [-0.2, -0.15) is 0 Å². The Morgan fingerprint density at radius 2 is 1.94 bits per heavy atom. The predicted molar refractivity (Wildman–Crippen MR) is 122 cm³/mol. The fourth-order valence-electron chi connectivity index (χ4n) is 3.98. The van der Waals surface area contributed by atoms with Gasteiger partial charge in [0.15, 0.2) is 6.29 Å². The lowest BCUT2D eigenvalue weighted by Gasteiger charge is -2.36. The molecule has 0 bridgehead atoms. The van der Waals surface area contributed by atoms with Crippen molar-refractivity contribution in [1.82, 2.24) is 20.2 Å². The molecular formula is C23H32FN5O4. The zero-order valence-corrected chi connectivity index (χ0v) is 18.9. The molecule has 10 heteroatoms. The number of hydrogen-bond acceptors (Lipinski definition) is 8. The number of nitrogens with one attached hydrogen (secondary N) is 1. The minimum Gasteiger partial charge on any atom is -0.386 e. The summed E-state index contributed by atoms with van der Waals surface area (Å²) in [4.78, 5) is 22.3. The van der Waals surface area contributed by atoms with E-state index in [0.29, 0.717) is 18.5 Å². The van der Waals surface area contributed by atoms with Gasteiger partial charge in [0.05, 0.1) is 12.1 Å². The van der Waals surface area contributed by atoms with Gasteiger partial charge in [-0.15, -0.1) is 0 Å². The zero-order valence-electron chi connectivity index (χ0n) is 18.9. The van der Waals surface area contributed by atoms with Gasteiger partial charge in [-0.1, -0.05) is 24.3 Å². The van der Waals surface area contributed by atoms with Gasteiger partial charge < -0.3 is 30.9 Å². The van der Waals surface area contributed by atoms with Crippen LogP contribution in [0.1, 0.15) is 37.9 Å². The maximum Gasteiger partial charge on any atom is 0.221 e. The Morgan fingerprint density at radius 1 is 1.27 bits per heavy atom. The minimum absolute atomic E-state index is 0.0555. The lowest BCUT2D eigenvalue weighted by atomic mass is 9.99. The second kappa shape index (κ2) is 11.5. The second-order valence-electron chi connectivity index (χ2n) is 8.48. The number of carbonyl (C=O) groups excluding carboxylic acids is 1. The molecule has 5 N–H and O–H groups in total. The smallest absolute Gasteiger partial charge is 0.221 e. The monoisotopic (exact) mass is 461 g/mol. The van der Waals surface area contributed by atoms with Gasteiger partial charge >= 0.3 is 0 Å². The van der Waals surface area contributed by atoms with Crippen LogP contribution < -0.4 is 11.1 Å². The van der Waals surface area contributed by atoms with Crippen molar-refractivity contribution in [2.24, 2.45) is 0 Å². The number of aliphatic hydroxyl groups is 2. The van der Waals surface area contributed by atoms with Crippen molar-refractivity contribution in [3.8, 4) is 11.1 Å². The van der Waals surface area contributed by atoms with Crippen molar-refractivity contribution >= 4 is 11.9 Å². The summed E-state index contributed by atoms with van der Waals surface area (Å²) in [5.74, 6) is -0.168. The second-order valence-corrected chi connectivity index (χ2v) is 8.48. The normalized spacial score (nSPS) is 22.7. The van der Waals surface area contributed by atoms with Crippen molar-refractivity contribution in [3.05, 3.63) is 42.2 Å². The first-order chi connectivity index (χ1) is 15.8. The van der Waals surface area contributed by atoms with Crippen LogP contribution in [-0.2, 0) is 9.53 Å². The van der Waals surface area contributed by atoms with Crippen LogP contribution in [0.5, 0.6) is 0 Å². The third kappa shape index (κ3) is 6.91. The lowest BCUT2D eigenvalue weighted by molar-refractivity contribution is -0.173. The first-order valence-electron chi connectivity index (χ1n) is 11.0. The molecule has 0 spiro atoms. The lowest BCUT2D eigenvalue weighted by Crippen LogP contribution is -2.45. The fourth-order valence-corrected chi connectivity index (χ4v) is 3.98. The highest BCUT2D eigenvalue weighted by atomic mass is 19.1. The number of nitrogens with zero attached hydrogens (tertiary/aromatic N) is 3. The average molecular weight is 462 g/mol. The largest absolute Gasteiger partial charge is 0.386 e. The van der Waals surface area contributed by atoms with E-state index in [0.717, 1.165) is 17.5 Å². The van der Waals surface area contributed by atoms with Gasteiger partial charge in [0, 0.05) is 43.4 Å². The van der Waals surface area contributed by atoms with E-state index < -0.39 is 25.1 Å². The van der Waals surface area contributed by atoms with E-state index in [9.17, 15) is 19.4 Å². The molecule has 1 saturated heterocycles. The Hall–Kier alpha value is -2.66. The third-order valence-corrected chi connectivity index (χ3v) is 5.93. The number of nitrogen functional groups attached to an aromatic ring is 1. The Morgan fingerprint density at radius 3 is 2.55 bits per heavy atom. The number of carbonyl (C=O) groups is 1. The molecule has 5 atom stereocenters. The fraction of sp³-hybridized carbons (Fsp3) is 0.522. The van der Waals surface area contributed by atoms with E-state index >= 15 is 0 Å². The number of hydrogen-bond donors (Lipinski definition) is 4. The van der Waals surface area contributed by atoms with Crippen LogP contribution >= 0.6 is 0 Å². The molecule has 180 valence electrons. The number of amides is 1. The molecule has 33 heavy (non-hydrogen) atoms. The number of aromatic nitrogens is 2. The van der Waals surface area contributed by atoms with Gasteiger partial charge in [0.2, 0.25) is 11.9 Å². The number of anilines is 1. The van der Waals surface area contributed by atoms with Crippen LogP contribution in [-0.4, -0.2) is 75.7 Å². The van der Waals surface area contributed by atoms with Crippen molar-refractivity contribution in [2.45, 2.75) is 56.8 Å². The number of ether oxygens (including phenoxy) is 1. The molecule has 2 heterocycles. The molecule has 1 unspecified atom stereocenters. The molecule has 2 aromatic rings. The van der Waals surface area contributed by atoms with Gasteiger partial charge in [-0.25, -0.2) is 14.4 Å². The minimum atomic E-state index is -1.19. The van der Waals surface area contributed by atoms with Crippen molar-refractivity contribution in [3.63, 3.8) is 0 Å². The molecule has 0 radical (unpaired) electrons. The number of halogens is 1. The quantitative estimate of drug-likeness (QED) is 0.441. The van der Waals surface area contributed by atoms with E-state index in [1.54, 1.807) is 36.7 Å². The number of benzene rings is 1. The van der Waals surface area contributed by atoms with Crippen molar-refractivity contribution in [1.29, 1.82) is 0 Å². The molecule has 3 rings (SSSR count). The predicted octanol–water partition coefficient (Wildman–Crippen LogP) is 1.42. The molecule has 1 aliphatic heterocycles. The summed E-state index contributed by atoms with van der Waals surface area (Å²) in [6.45, 7) is 1.45. The highest BCUT2D eigenvalue weighted by Gasteiger charge is 2.29. The Bertz CT molecular complexity index is 889. The molecule has 0 aliphatic carbocycles. The zero-order chi connectivity index (χ0) is 24.0. The van der Waals surface area contributed by atoms with E-state index in [1.165, 1.54) is 0 Å². The highest BCUT2D eigenvalue weighted by molar-refractivity contribution is 5.76. The van der Waals surface area contributed by atoms with Gasteiger partial charge in [0.25, 0.3) is 0 Å². The molecule has 9 nitrogen and oxygen atoms in total. The summed E-state index contributed by atoms with van der Waals surface area (Å²) >= 11 is 0. The Balaban J connectivity index is 1.52. The summed E-state index contributed by atoms with van der Waals surface area (Å²) in [7, 11) is 1.89. The van der Waals surface area contributed by atoms with Crippen LogP contribution in [0.15, 0.2) is 36.7 Å². The van der Waals surface area contributed by atoms with Crippen LogP contribution in [0.4, 0.5) is 10.3 Å². The molecule has 1 fully saturated rings. The number of nitrogens with two attached hydrogens (primary N) is 1. The molecule has 1 aromatic carbocycles. The summed E-state index contributed by atoms with van der Waals surface area (Å²) in [5.41, 5.74) is 7.57. The SMILES string of the molecule is C[C@@H]1CC(N(C)CCC(=O)N[C@H](CF)[C@H](O)c2ccc(-c3cnc(N)nc3)cc2)C[C@H](O)O1. The first-order valence-corrected chi connectivity index (χ1v) is 11.0. The van der Waals surface area contributed by atoms with Crippen molar-refractivity contribution < 1.29 is 24.1 Å². The maximum absolute atomic E-state index is 13.7.